The van der Waals surface area contributed by atoms with Crippen molar-refractivity contribution < 1.29 is 14.3 Å². The van der Waals surface area contributed by atoms with Crippen LogP contribution in [0.1, 0.15) is 24.1 Å². The number of hydrogen-bond acceptors (Lipinski definition) is 5. The van der Waals surface area contributed by atoms with Gasteiger partial charge in [-0.3, -0.25) is 9.59 Å². The molecule has 1 heterocycles. The van der Waals surface area contributed by atoms with E-state index in [-0.39, 0.29) is 11.5 Å². The zero-order valence-corrected chi connectivity index (χ0v) is 17.7. The number of carbonyl (C=O) groups is 1. The third kappa shape index (κ3) is 4.35. The van der Waals surface area contributed by atoms with Crippen LogP contribution in [0.3, 0.4) is 0 Å². The summed E-state index contributed by atoms with van der Waals surface area (Å²) in [6.45, 7) is 5.68. The first kappa shape index (κ1) is 21.1. The molecule has 0 unspecified atom stereocenters. The smallest absolute Gasteiger partial charge is 0.267 e. The highest BCUT2D eigenvalue weighted by Crippen LogP contribution is 2.29. The normalized spacial score (nSPS) is 11.6. The molecule has 0 fully saturated rings. The van der Waals surface area contributed by atoms with Crippen LogP contribution in [0.25, 0.3) is 11.3 Å². The van der Waals surface area contributed by atoms with Gasteiger partial charge in [-0.1, -0.05) is 12.1 Å². The van der Waals surface area contributed by atoms with Gasteiger partial charge in [-0.2, -0.15) is 5.10 Å². The first-order chi connectivity index (χ1) is 14.3. The van der Waals surface area contributed by atoms with Crippen molar-refractivity contribution in [1.29, 1.82) is 0 Å². The molecule has 30 heavy (non-hydrogen) atoms. The molecule has 156 valence electrons. The minimum Gasteiger partial charge on any atom is -0.497 e. The lowest BCUT2D eigenvalue weighted by Gasteiger charge is -2.17. The van der Waals surface area contributed by atoms with Crippen molar-refractivity contribution in [3.05, 3.63) is 70.0 Å². The maximum Gasteiger partial charge on any atom is 0.267 e. The van der Waals surface area contributed by atoms with E-state index in [4.69, 9.17) is 9.47 Å². The molecule has 2 aromatic carbocycles. The summed E-state index contributed by atoms with van der Waals surface area (Å²) in [5, 5.41) is 7.23. The molecule has 1 atom stereocenters. The molecule has 7 nitrogen and oxygen atoms in total. The maximum absolute atomic E-state index is 12.8. The SMILES string of the molecule is COc1ccc(NC(=O)[C@H](C)n2nc(-c3ccc(C)c(C)c3)ccc2=O)c(OC)c1. The van der Waals surface area contributed by atoms with Gasteiger partial charge >= 0.3 is 0 Å². The van der Waals surface area contributed by atoms with Gasteiger partial charge in [0.1, 0.15) is 17.5 Å². The van der Waals surface area contributed by atoms with E-state index in [1.54, 1.807) is 38.3 Å². The summed E-state index contributed by atoms with van der Waals surface area (Å²) in [7, 11) is 3.06. The molecule has 1 N–H and O–H groups in total. The van der Waals surface area contributed by atoms with Crippen LogP contribution in [-0.4, -0.2) is 29.9 Å². The lowest BCUT2D eigenvalue weighted by molar-refractivity contribution is -0.119. The third-order valence-electron chi connectivity index (χ3n) is 5.04. The molecule has 3 aromatic rings. The quantitative estimate of drug-likeness (QED) is 0.673. The molecule has 0 aliphatic heterocycles. The molecule has 0 spiro atoms. The lowest BCUT2D eigenvalue weighted by atomic mass is 10.0. The van der Waals surface area contributed by atoms with Crippen molar-refractivity contribution in [3.63, 3.8) is 0 Å². The van der Waals surface area contributed by atoms with Gasteiger partial charge in [0.25, 0.3) is 5.56 Å². The minimum absolute atomic E-state index is 0.355. The summed E-state index contributed by atoms with van der Waals surface area (Å²) in [4.78, 5) is 25.2. The van der Waals surface area contributed by atoms with E-state index in [9.17, 15) is 9.59 Å². The van der Waals surface area contributed by atoms with E-state index in [1.807, 2.05) is 32.0 Å². The van der Waals surface area contributed by atoms with Crippen molar-refractivity contribution in [2.24, 2.45) is 0 Å². The highest BCUT2D eigenvalue weighted by molar-refractivity contribution is 5.94. The average molecular weight is 407 g/mol. The summed E-state index contributed by atoms with van der Waals surface area (Å²) in [6.07, 6.45) is 0. The summed E-state index contributed by atoms with van der Waals surface area (Å²) < 4.78 is 11.7. The number of amides is 1. The fourth-order valence-electron chi connectivity index (χ4n) is 3.01. The van der Waals surface area contributed by atoms with Crippen LogP contribution in [0.4, 0.5) is 5.69 Å². The number of rotatable bonds is 6. The zero-order chi connectivity index (χ0) is 21.8. The Hall–Kier alpha value is -3.61. The van der Waals surface area contributed by atoms with Crippen molar-refractivity contribution in [2.75, 3.05) is 19.5 Å². The number of nitrogens with one attached hydrogen (secondary N) is 1. The Labute approximate surface area is 175 Å². The van der Waals surface area contributed by atoms with Crippen molar-refractivity contribution >= 4 is 11.6 Å². The predicted molar refractivity (Wildman–Crippen MR) is 116 cm³/mol. The second-order valence-corrected chi connectivity index (χ2v) is 7.03. The number of benzene rings is 2. The van der Waals surface area contributed by atoms with Crippen molar-refractivity contribution in [3.8, 4) is 22.8 Å². The Morgan fingerprint density at radius 2 is 1.77 bits per heavy atom. The van der Waals surface area contributed by atoms with Crippen molar-refractivity contribution in [1.82, 2.24) is 9.78 Å². The number of carbonyl (C=O) groups excluding carboxylic acids is 1. The Morgan fingerprint density at radius 1 is 1.00 bits per heavy atom. The monoisotopic (exact) mass is 407 g/mol. The number of aromatic nitrogens is 2. The van der Waals surface area contributed by atoms with Crippen LogP contribution < -0.4 is 20.3 Å². The van der Waals surface area contributed by atoms with Crippen LogP contribution in [0.5, 0.6) is 11.5 Å². The first-order valence-corrected chi connectivity index (χ1v) is 9.54. The molecule has 0 saturated carbocycles. The van der Waals surface area contributed by atoms with Gasteiger partial charge in [-0.25, -0.2) is 4.68 Å². The average Bonchev–Trinajstić information content (AvgIpc) is 2.75. The van der Waals surface area contributed by atoms with Crippen LogP contribution in [0.2, 0.25) is 0 Å². The second kappa shape index (κ2) is 8.82. The molecular weight excluding hydrogens is 382 g/mol. The van der Waals surface area contributed by atoms with E-state index in [0.29, 0.717) is 22.9 Å². The van der Waals surface area contributed by atoms with E-state index < -0.39 is 6.04 Å². The second-order valence-electron chi connectivity index (χ2n) is 7.03. The Morgan fingerprint density at radius 3 is 2.43 bits per heavy atom. The number of hydrogen-bond donors (Lipinski definition) is 1. The highest BCUT2D eigenvalue weighted by Gasteiger charge is 2.20. The molecule has 1 amide bonds. The summed E-state index contributed by atoms with van der Waals surface area (Å²) in [5.74, 6) is 0.682. The summed E-state index contributed by atoms with van der Waals surface area (Å²) in [6, 6.07) is 13.3. The topological polar surface area (TPSA) is 82.5 Å². The third-order valence-corrected chi connectivity index (χ3v) is 5.04. The standard InChI is InChI=1S/C23H25N3O4/c1-14-6-7-17(12-15(14)2)19-10-11-22(27)26(25-19)16(3)23(28)24-20-9-8-18(29-4)13-21(20)30-5/h6-13,16H,1-5H3,(H,24,28)/t16-/m0/s1. The molecular formula is C23H25N3O4. The molecule has 0 aliphatic rings. The Kier molecular flexibility index (Phi) is 6.20. The van der Waals surface area contributed by atoms with Crippen LogP contribution in [-0.2, 0) is 4.79 Å². The number of nitrogens with zero attached hydrogens (tertiary/aromatic N) is 2. The van der Waals surface area contributed by atoms with Gasteiger partial charge in [0.2, 0.25) is 5.91 Å². The zero-order valence-electron chi connectivity index (χ0n) is 17.7. The number of anilines is 1. The number of aryl methyl sites for hydroxylation is 2. The fraction of sp³-hybridized carbons (Fsp3) is 0.261. The Bertz CT molecular complexity index is 1140. The lowest BCUT2D eigenvalue weighted by Crippen LogP contribution is -2.33. The molecule has 0 bridgehead atoms. The predicted octanol–water partition coefficient (Wildman–Crippen LogP) is 3.74. The van der Waals surface area contributed by atoms with Gasteiger partial charge in [-0.15, -0.1) is 0 Å². The van der Waals surface area contributed by atoms with Gasteiger partial charge in [0.15, 0.2) is 0 Å². The summed E-state index contributed by atoms with van der Waals surface area (Å²) >= 11 is 0. The fourth-order valence-corrected chi connectivity index (χ4v) is 3.01. The van der Waals surface area contributed by atoms with Gasteiger partial charge in [0.05, 0.1) is 25.6 Å². The largest absolute Gasteiger partial charge is 0.497 e. The first-order valence-electron chi connectivity index (χ1n) is 9.54. The van der Waals surface area contributed by atoms with Gasteiger partial charge in [-0.05, 0) is 56.2 Å². The van der Waals surface area contributed by atoms with Gasteiger partial charge in [0, 0.05) is 17.7 Å². The number of ether oxygens (including phenoxy) is 2. The molecule has 3 rings (SSSR count). The van der Waals surface area contributed by atoms with E-state index in [1.165, 1.54) is 23.4 Å². The highest BCUT2D eigenvalue weighted by atomic mass is 16.5. The molecule has 1 aromatic heterocycles. The van der Waals surface area contributed by atoms with Gasteiger partial charge < -0.3 is 14.8 Å². The molecule has 0 radical (unpaired) electrons. The minimum atomic E-state index is -0.823. The number of methoxy groups -OCH3 is 2. The van der Waals surface area contributed by atoms with Crippen molar-refractivity contribution in [2.45, 2.75) is 26.8 Å². The summed E-state index contributed by atoms with van der Waals surface area (Å²) in [5.41, 5.74) is 3.94. The van der Waals surface area contributed by atoms with Crippen LogP contribution in [0, 0.1) is 13.8 Å². The van der Waals surface area contributed by atoms with Crippen LogP contribution >= 0.6 is 0 Å². The maximum atomic E-state index is 12.8. The van der Waals surface area contributed by atoms with Crippen LogP contribution in [0.15, 0.2) is 53.3 Å². The molecule has 7 heteroatoms. The molecule has 0 aliphatic carbocycles. The molecule has 0 saturated heterocycles. The Balaban J connectivity index is 1.89. The van der Waals surface area contributed by atoms with E-state index in [2.05, 4.69) is 10.4 Å². The van der Waals surface area contributed by atoms with E-state index in [0.717, 1.165) is 11.1 Å². The van der Waals surface area contributed by atoms with E-state index >= 15 is 0 Å².